The maximum absolute atomic E-state index is 13.3. The normalized spacial score (nSPS) is 22.1. The van der Waals surface area contributed by atoms with Gasteiger partial charge in [-0.1, -0.05) is 0 Å². The van der Waals surface area contributed by atoms with Crippen LogP contribution in [-0.4, -0.2) is 65.2 Å². The summed E-state index contributed by atoms with van der Waals surface area (Å²) in [6.45, 7) is 1.52. The lowest BCUT2D eigenvalue weighted by molar-refractivity contribution is -0.129. The number of amides is 2. The van der Waals surface area contributed by atoms with E-state index in [1.165, 1.54) is 16.7 Å². The second-order valence-corrected chi connectivity index (χ2v) is 9.61. The van der Waals surface area contributed by atoms with E-state index < -0.39 is 12.2 Å². The number of aromatic nitrogens is 1. The molecule has 0 unspecified atom stereocenters. The number of carbonyl (C=O) groups excluding carboxylic acids is 2. The monoisotopic (exact) mass is 439 g/mol. The molecule has 2 aromatic rings. The van der Waals surface area contributed by atoms with Gasteiger partial charge in [0.25, 0.3) is 5.91 Å². The number of nitriles is 1. The highest BCUT2D eigenvalue weighted by molar-refractivity contribution is 7.99. The summed E-state index contributed by atoms with van der Waals surface area (Å²) in [5.41, 5.74) is 2.27. The molecule has 1 saturated carbocycles. The number of halogens is 1. The molecule has 7 nitrogen and oxygen atoms in total. The number of rotatable bonds is 4. The van der Waals surface area contributed by atoms with Crippen LogP contribution >= 0.6 is 11.8 Å². The zero-order valence-corrected chi connectivity index (χ0v) is 17.7. The summed E-state index contributed by atoms with van der Waals surface area (Å²) in [6, 6.07) is 9.13. The molecule has 9 heteroatoms. The number of alkyl halides is 1. The summed E-state index contributed by atoms with van der Waals surface area (Å²) in [5, 5.41) is 12.6. The molecule has 31 heavy (non-hydrogen) atoms. The third kappa shape index (κ3) is 3.59. The van der Waals surface area contributed by atoms with E-state index in [1.54, 1.807) is 12.3 Å². The van der Waals surface area contributed by atoms with E-state index in [1.807, 2.05) is 18.2 Å². The van der Waals surface area contributed by atoms with Gasteiger partial charge in [0, 0.05) is 41.5 Å². The van der Waals surface area contributed by atoms with Gasteiger partial charge in [0.2, 0.25) is 5.91 Å². The van der Waals surface area contributed by atoms with Gasteiger partial charge in [0.05, 0.1) is 29.6 Å². The van der Waals surface area contributed by atoms with Crippen LogP contribution in [0, 0.1) is 16.7 Å². The van der Waals surface area contributed by atoms with Crippen molar-refractivity contribution in [2.75, 3.05) is 36.2 Å². The van der Waals surface area contributed by atoms with E-state index in [-0.39, 0.29) is 23.8 Å². The molecule has 3 heterocycles. The van der Waals surface area contributed by atoms with Crippen molar-refractivity contribution >= 4 is 40.2 Å². The molecule has 0 radical (unpaired) electrons. The minimum absolute atomic E-state index is 0.124. The zero-order chi connectivity index (χ0) is 21.6. The Labute approximate surface area is 183 Å². The van der Waals surface area contributed by atoms with Gasteiger partial charge in [0.15, 0.2) is 0 Å². The molecule has 1 N–H and O–H groups in total. The molecule has 3 aliphatic rings. The van der Waals surface area contributed by atoms with Gasteiger partial charge in [-0.2, -0.15) is 5.26 Å². The van der Waals surface area contributed by atoms with Gasteiger partial charge in [0.1, 0.15) is 12.2 Å². The third-order valence-electron chi connectivity index (χ3n) is 6.45. The zero-order valence-electron chi connectivity index (χ0n) is 16.9. The molecule has 1 aromatic carbocycles. The smallest absolute Gasteiger partial charge is 0.252 e. The summed E-state index contributed by atoms with van der Waals surface area (Å²) in [4.78, 5) is 33.3. The first kappa shape index (κ1) is 20.1. The van der Waals surface area contributed by atoms with E-state index in [4.69, 9.17) is 5.26 Å². The molecule has 0 bridgehead atoms. The number of thioether (sulfide) groups is 1. The summed E-state index contributed by atoms with van der Waals surface area (Å²) < 4.78 is 13.3. The molecule has 1 atom stereocenters. The van der Waals surface area contributed by atoms with Gasteiger partial charge in [-0.3, -0.25) is 14.6 Å². The molecule has 1 aromatic heterocycles. The van der Waals surface area contributed by atoms with Crippen molar-refractivity contribution in [3.8, 4) is 6.07 Å². The van der Waals surface area contributed by atoms with Crippen LogP contribution in [0.25, 0.3) is 10.9 Å². The van der Waals surface area contributed by atoms with Crippen LogP contribution in [0.15, 0.2) is 30.5 Å². The molecule has 1 aliphatic carbocycles. The van der Waals surface area contributed by atoms with Crippen molar-refractivity contribution in [3.63, 3.8) is 0 Å². The largest absolute Gasteiger partial charge is 0.370 e. The van der Waals surface area contributed by atoms with Crippen LogP contribution in [0.4, 0.5) is 10.1 Å². The third-order valence-corrected chi connectivity index (χ3v) is 7.46. The average Bonchev–Trinajstić information content (AvgIpc) is 3.21. The highest BCUT2D eigenvalue weighted by Crippen LogP contribution is 2.51. The predicted octanol–water partition coefficient (Wildman–Crippen LogP) is 2.33. The molecule has 2 amide bonds. The first-order valence-electron chi connectivity index (χ1n) is 10.3. The highest BCUT2D eigenvalue weighted by atomic mass is 32.2. The first-order chi connectivity index (χ1) is 15.0. The lowest BCUT2D eigenvalue weighted by Gasteiger charge is -2.58. The molecule has 5 rings (SSSR count). The minimum Gasteiger partial charge on any atom is -0.370 e. The summed E-state index contributed by atoms with van der Waals surface area (Å²) in [6.07, 6.45) is 2.20. The fraction of sp³-hybridized carbons (Fsp3) is 0.455. The van der Waals surface area contributed by atoms with E-state index >= 15 is 0 Å². The fourth-order valence-electron chi connectivity index (χ4n) is 4.76. The maximum atomic E-state index is 13.3. The van der Waals surface area contributed by atoms with E-state index in [9.17, 15) is 14.0 Å². The van der Waals surface area contributed by atoms with E-state index in [2.05, 4.69) is 21.3 Å². The number of benzene rings is 1. The fourth-order valence-corrected chi connectivity index (χ4v) is 5.86. The molecule has 2 aliphatic heterocycles. The maximum Gasteiger partial charge on any atom is 0.252 e. The molecule has 2 saturated heterocycles. The number of hydrogen-bond donors (Lipinski definition) is 1. The van der Waals surface area contributed by atoms with Crippen molar-refractivity contribution in [1.82, 2.24) is 15.2 Å². The Hall–Kier alpha value is -2.86. The molecule has 3 fully saturated rings. The van der Waals surface area contributed by atoms with Crippen LogP contribution in [0.3, 0.4) is 0 Å². The van der Waals surface area contributed by atoms with E-state index in [0.29, 0.717) is 35.6 Å². The first-order valence-corrected chi connectivity index (χ1v) is 11.5. The lowest BCUT2D eigenvalue weighted by Crippen LogP contribution is -2.63. The standard InChI is InChI=1S/C22H22FN5O2S/c23-14-6-22(7-14)11-27(12-22)15-1-2-19-18(5-15)17(3-4-25-19)21(30)26-9-20(29)28-13-31-10-16(28)8-24/h1-5,14,16H,6-7,9-13H2,(H,26,30)/t16-/m1/s1. The second kappa shape index (κ2) is 7.68. The van der Waals surface area contributed by atoms with Crippen molar-refractivity contribution in [1.29, 1.82) is 5.26 Å². The van der Waals surface area contributed by atoms with Crippen LogP contribution in [0.2, 0.25) is 0 Å². The van der Waals surface area contributed by atoms with Crippen LogP contribution in [-0.2, 0) is 4.79 Å². The SMILES string of the molecule is N#C[C@@H]1CSCN1C(=O)CNC(=O)c1ccnc2ccc(N3CC4(CC(F)C4)C3)cc12. The Kier molecular flexibility index (Phi) is 4.97. The van der Waals surface area contributed by atoms with Gasteiger partial charge in [-0.15, -0.1) is 11.8 Å². The quantitative estimate of drug-likeness (QED) is 0.787. The number of pyridine rings is 1. The van der Waals surface area contributed by atoms with Crippen LogP contribution in [0.5, 0.6) is 0 Å². The Morgan fingerprint density at radius 3 is 2.87 bits per heavy atom. The average molecular weight is 440 g/mol. The van der Waals surface area contributed by atoms with Crippen LogP contribution < -0.4 is 10.2 Å². The number of nitrogens with zero attached hydrogens (tertiary/aromatic N) is 4. The number of hydrogen-bond acceptors (Lipinski definition) is 6. The minimum atomic E-state index is -0.663. The number of anilines is 1. The Morgan fingerprint density at radius 2 is 2.13 bits per heavy atom. The van der Waals surface area contributed by atoms with Gasteiger partial charge < -0.3 is 15.1 Å². The van der Waals surface area contributed by atoms with Crippen molar-refractivity contribution < 1.29 is 14.0 Å². The second-order valence-electron chi connectivity index (χ2n) is 8.61. The molecule has 160 valence electrons. The van der Waals surface area contributed by atoms with Gasteiger partial charge >= 0.3 is 0 Å². The number of carbonyl (C=O) groups is 2. The number of nitrogens with one attached hydrogen (secondary N) is 1. The Balaban J connectivity index is 1.29. The van der Waals surface area contributed by atoms with Gasteiger partial charge in [-0.25, -0.2) is 4.39 Å². The molecule has 1 spiro atoms. The Morgan fingerprint density at radius 1 is 1.32 bits per heavy atom. The lowest BCUT2D eigenvalue weighted by atomic mass is 9.62. The summed E-state index contributed by atoms with van der Waals surface area (Å²) in [7, 11) is 0. The molecular formula is C22H22FN5O2S. The van der Waals surface area contributed by atoms with Crippen molar-refractivity contribution in [2.45, 2.75) is 25.1 Å². The van der Waals surface area contributed by atoms with Crippen molar-refractivity contribution in [3.05, 3.63) is 36.0 Å². The highest BCUT2D eigenvalue weighted by Gasteiger charge is 2.52. The predicted molar refractivity (Wildman–Crippen MR) is 116 cm³/mol. The van der Waals surface area contributed by atoms with Crippen molar-refractivity contribution in [2.24, 2.45) is 5.41 Å². The van der Waals surface area contributed by atoms with Gasteiger partial charge in [-0.05, 0) is 37.1 Å². The van der Waals surface area contributed by atoms with E-state index in [0.717, 1.165) is 24.2 Å². The number of fused-ring (bicyclic) bond motifs is 1. The summed E-state index contributed by atoms with van der Waals surface area (Å²) >= 11 is 1.53. The Bertz CT molecular complexity index is 1090. The summed E-state index contributed by atoms with van der Waals surface area (Å²) in [5.74, 6) is 0.450. The molecular weight excluding hydrogens is 417 g/mol. The van der Waals surface area contributed by atoms with Crippen LogP contribution in [0.1, 0.15) is 23.2 Å². The topological polar surface area (TPSA) is 89.3 Å².